The first kappa shape index (κ1) is 20.0. The molecule has 3 rings (SSSR count). The number of nitrogens with zero attached hydrogens (tertiary/aromatic N) is 2. The lowest BCUT2D eigenvalue weighted by Gasteiger charge is -2.23. The molecule has 1 fully saturated rings. The van der Waals surface area contributed by atoms with Gasteiger partial charge in [-0.1, -0.05) is 29.3 Å². The number of hydrogen-bond acceptors (Lipinski definition) is 4. The van der Waals surface area contributed by atoms with E-state index in [9.17, 15) is 4.79 Å². The molecule has 1 atom stereocenters. The van der Waals surface area contributed by atoms with E-state index >= 15 is 0 Å². The minimum atomic E-state index is -0.0815. The van der Waals surface area contributed by atoms with Crippen molar-refractivity contribution in [2.24, 2.45) is 0 Å². The minimum Gasteiger partial charge on any atom is -0.378 e. The molecular formula is C16H19Cl3N4O2. The number of hydrogen-bond donors (Lipinski definition) is 2. The van der Waals surface area contributed by atoms with Crippen molar-refractivity contribution in [3.05, 3.63) is 46.1 Å². The molecule has 6 nitrogen and oxygen atoms in total. The Kier molecular flexibility index (Phi) is 7.53. The smallest absolute Gasteiger partial charge is 0.227 e. The van der Waals surface area contributed by atoms with Gasteiger partial charge in [-0.3, -0.25) is 4.79 Å². The third kappa shape index (κ3) is 5.59. The van der Waals surface area contributed by atoms with Crippen molar-refractivity contribution in [1.82, 2.24) is 15.1 Å². The van der Waals surface area contributed by atoms with E-state index in [-0.39, 0.29) is 24.4 Å². The van der Waals surface area contributed by atoms with Gasteiger partial charge in [0.25, 0.3) is 0 Å². The summed E-state index contributed by atoms with van der Waals surface area (Å²) in [5, 5.41) is 11.5. The molecule has 0 spiro atoms. The largest absolute Gasteiger partial charge is 0.378 e. The number of halogens is 3. The van der Waals surface area contributed by atoms with Crippen molar-refractivity contribution in [3.63, 3.8) is 0 Å². The summed E-state index contributed by atoms with van der Waals surface area (Å²) in [7, 11) is 0. The van der Waals surface area contributed by atoms with E-state index in [1.807, 2.05) is 6.07 Å². The van der Waals surface area contributed by atoms with E-state index in [0.717, 1.165) is 12.1 Å². The van der Waals surface area contributed by atoms with Gasteiger partial charge in [-0.15, -0.1) is 12.4 Å². The van der Waals surface area contributed by atoms with Crippen molar-refractivity contribution in [1.29, 1.82) is 0 Å². The van der Waals surface area contributed by atoms with Gasteiger partial charge in [0.15, 0.2) is 0 Å². The molecule has 9 heteroatoms. The van der Waals surface area contributed by atoms with Gasteiger partial charge >= 0.3 is 0 Å². The molecule has 2 N–H and O–H groups in total. The summed E-state index contributed by atoms with van der Waals surface area (Å²) < 4.78 is 7.05. The molecule has 0 radical (unpaired) electrons. The fourth-order valence-electron chi connectivity index (χ4n) is 2.54. The molecule has 1 aromatic carbocycles. The summed E-state index contributed by atoms with van der Waals surface area (Å²) in [6, 6.07) is 7.11. The van der Waals surface area contributed by atoms with Gasteiger partial charge in [0, 0.05) is 35.1 Å². The molecule has 1 saturated heterocycles. The number of benzene rings is 1. The summed E-state index contributed by atoms with van der Waals surface area (Å²) in [5.41, 5.74) is 0.877. The second-order valence-corrected chi connectivity index (χ2v) is 6.43. The van der Waals surface area contributed by atoms with Crippen LogP contribution in [-0.2, 0) is 16.1 Å². The first-order valence-electron chi connectivity index (χ1n) is 7.68. The summed E-state index contributed by atoms with van der Waals surface area (Å²) >= 11 is 12.1. The summed E-state index contributed by atoms with van der Waals surface area (Å²) in [6.45, 7) is 2.45. The second-order valence-electron chi connectivity index (χ2n) is 5.59. The fourth-order valence-corrected chi connectivity index (χ4v) is 3.01. The standard InChI is InChI=1S/C16H18Cl2N4O2.ClH/c17-12-2-1-11(14(18)7-12)9-22-15(3-4-20-22)21-16(23)8-13-10-24-6-5-19-13;/h1-4,7,13,19H,5-6,8-10H2,(H,21,23);1H. The van der Waals surface area contributed by atoms with Gasteiger partial charge in [0.1, 0.15) is 5.82 Å². The number of nitrogens with one attached hydrogen (secondary N) is 2. The van der Waals surface area contributed by atoms with Crippen LogP contribution in [-0.4, -0.2) is 41.5 Å². The topological polar surface area (TPSA) is 68.2 Å². The zero-order valence-electron chi connectivity index (χ0n) is 13.4. The SMILES string of the molecule is Cl.O=C(CC1COCCN1)Nc1ccnn1Cc1ccc(Cl)cc1Cl. The molecule has 1 aliphatic heterocycles. The van der Waals surface area contributed by atoms with Gasteiger partial charge in [0.2, 0.25) is 5.91 Å². The van der Waals surface area contributed by atoms with Crippen molar-refractivity contribution < 1.29 is 9.53 Å². The molecule has 2 aromatic rings. The lowest BCUT2D eigenvalue weighted by molar-refractivity contribution is -0.117. The average molecular weight is 406 g/mol. The van der Waals surface area contributed by atoms with Crippen molar-refractivity contribution in [3.8, 4) is 0 Å². The third-order valence-electron chi connectivity index (χ3n) is 3.75. The number of ether oxygens (including phenoxy) is 1. The quantitative estimate of drug-likeness (QED) is 0.802. The van der Waals surface area contributed by atoms with E-state index < -0.39 is 0 Å². The van der Waals surface area contributed by atoms with Crippen LogP contribution < -0.4 is 10.6 Å². The van der Waals surface area contributed by atoms with Crippen LogP contribution >= 0.6 is 35.6 Å². The zero-order chi connectivity index (χ0) is 16.9. The molecule has 1 amide bonds. The van der Waals surface area contributed by atoms with Crippen LogP contribution in [0.15, 0.2) is 30.5 Å². The van der Waals surface area contributed by atoms with E-state index in [0.29, 0.717) is 42.0 Å². The van der Waals surface area contributed by atoms with Crippen LogP contribution in [0, 0.1) is 0 Å². The Labute approximate surface area is 162 Å². The minimum absolute atomic E-state index is 0. The van der Waals surface area contributed by atoms with Crippen molar-refractivity contribution >= 4 is 47.3 Å². The number of carbonyl (C=O) groups is 1. The van der Waals surface area contributed by atoms with Gasteiger partial charge in [0.05, 0.1) is 26.0 Å². The number of amides is 1. The van der Waals surface area contributed by atoms with Crippen LogP contribution in [0.1, 0.15) is 12.0 Å². The molecule has 0 aliphatic carbocycles. The van der Waals surface area contributed by atoms with Crippen molar-refractivity contribution in [2.45, 2.75) is 19.0 Å². The monoisotopic (exact) mass is 404 g/mol. The van der Waals surface area contributed by atoms with Crippen molar-refractivity contribution in [2.75, 3.05) is 25.1 Å². The van der Waals surface area contributed by atoms with Gasteiger partial charge in [-0.2, -0.15) is 5.10 Å². The van der Waals surface area contributed by atoms with Crippen LogP contribution in [0.2, 0.25) is 10.0 Å². The molecule has 1 unspecified atom stereocenters. The number of anilines is 1. The third-order valence-corrected chi connectivity index (χ3v) is 4.34. The summed E-state index contributed by atoms with van der Waals surface area (Å²) in [4.78, 5) is 12.2. The van der Waals surface area contributed by atoms with E-state index in [4.69, 9.17) is 27.9 Å². The first-order valence-corrected chi connectivity index (χ1v) is 8.44. The Morgan fingerprint density at radius 2 is 2.24 bits per heavy atom. The normalized spacial score (nSPS) is 17.0. The number of aromatic nitrogens is 2. The number of morpholine rings is 1. The molecule has 2 heterocycles. The molecule has 0 saturated carbocycles. The predicted octanol–water partition coefficient (Wildman–Crippen LogP) is 2.98. The van der Waals surface area contributed by atoms with Crippen LogP contribution in [0.3, 0.4) is 0 Å². The van der Waals surface area contributed by atoms with Crippen LogP contribution in [0.5, 0.6) is 0 Å². The zero-order valence-corrected chi connectivity index (χ0v) is 15.7. The Morgan fingerprint density at radius 1 is 1.40 bits per heavy atom. The van der Waals surface area contributed by atoms with Crippen LogP contribution in [0.25, 0.3) is 0 Å². The Bertz CT molecular complexity index is 717. The Morgan fingerprint density at radius 3 is 2.96 bits per heavy atom. The maximum atomic E-state index is 12.2. The highest BCUT2D eigenvalue weighted by Crippen LogP contribution is 2.22. The average Bonchev–Trinajstić information content (AvgIpc) is 2.98. The maximum absolute atomic E-state index is 12.2. The molecule has 0 bridgehead atoms. The lowest BCUT2D eigenvalue weighted by Crippen LogP contribution is -2.43. The Hall–Kier alpha value is -1.31. The highest BCUT2D eigenvalue weighted by atomic mass is 35.5. The van der Waals surface area contributed by atoms with Crippen LogP contribution in [0.4, 0.5) is 5.82 Å². The number of rotatable bonds is 5. The second kappa shape index (κ2) is 9.40. The fraction of sp³-hybridized carbons (Fsp3) is 0.375. The van der Waals surface area contributed by atoms with E-state index in [2.05, 4.69) is 15.7 Å². The molecule has 136 valence electrons. The first-order chi connectivity index (χ1) is 11.6. The predicted molar refractivity (Wildman–Crippen MR) is 101 cm³/mol. The van der Waals surface area contributed by atoms with Gasteiger partial charge in [-0.05, 0) is 17.7 Å². The molecule has 1 aromatic heterocycles. The van der Waals surface area contributed by atoms with E-state index in [1.165, 1.54) is 0 Å². The van der Waals surface area contributed by atoms with E-state index in [1.54, 1.807) is 29.1 Å². The number of carbonyl (C=O) groups excluding carboxylic acids is 1. The summed E-state index contributed by atoms with van der Waals surface area (Å²) in [6.07, 6.45) is 1.99. The molecule has 25 heavy (non-hydrogen) atoms. The maximum Gasteiger partial charge on any atom is 0.227 e. The molecular weight excluding hydrogens is 387 g/mol. The highest BCUT2D eigenvalue weighted by molar-refractivity contribution is 6.35. The Balaban J connectivity index is 0.00000225. The lowest BCUT2D eigenvalue weighted by atomic mass is 10.2. The highest BCUT2D eigenvalue weighted by Gasteiger charge is 2.18. The van der Waals surface area contributed by atoms with Gasteiger partial charge in [-0.25, -0.2) is 4.68 Å². The molecule has 1 aliphatic rings. The van der Waals surface area contributed by atoms with Gasteiger partial charge < -0.3 is 15.4 Å². The summed E-state index contributed by atoms with van der Waals surface area (Å²) in [5.74, 6) is 0.546.